The van der Waals surface area contributed by atoms with Crippen molar-refractivity contribution in [2.45, 2.75) is 11.7 Å². The first kappa shape index (κ1) is 13.6. The van der Waals surface area contributed by atoms with Crippen LogP contribution in [0.2, 0.25) is 5.32 Å². The Morgan fingerprint density at radius 3 is 2.00 bits per heavy atom. The molecule has 0 atom stereocenters. The quantitative estimate of drug-likeness (QED) is 0.705. The van der Waals surface area contributed by atoms with Gasteiger partial charge in [-0.3, -0.25) is 0 Å². The van der Waals surface area contributed by atoms with Gasteiger partial charge < -0.3 is 0 Å². The maximum atomic E-state index is 11.8. The molecule has 0 aliphatic carbocycles. The van der Waals surface area contributed by atoms with Gasteiger partial charge >= 0.3 is 121 Å². The van der Waals surface area contributed by atoms with Gasteiger partial charge in [0, 0.05) is 0 Å². The van der Waals surface area contributed by atoms with E-state index in [1.54, 1.807) is 0 Å². The van der Waals surface area contributed by atoms with E-state index in [9.17, 15) is 4.79 Å². The number of carbonyl (C=O) groups excluding carboxylic acids is 1. The zero-order valence-corrected chi connectivity index (χ0v) is 13.3. The summed E-state index contributed by atoms with van der Waals surface area (Å²) in [6.07, 6.45) is 0.726. The molecule has 2 aromatic carbocycles. The topological polar surface area (TPSA) is 17.1 Å². The van der Waals surface area contributed by atoms with E-state index in [0.29, 0.717) is 19.6 Å². The van der Waals surface area contributed by atoms with Gasteiger partial charge in [-0.1, -0.05) is 0 Å². The van der Waals surface area contributed by atoms with E-state index in [4.69, 9.17) is 0 Å². The maximum absolute atomic E-state index is 11.8. The summed E-state index contributed by atoms with van der Waals surface area (Å²) in [5.41, 5.74) is 0. The molecule has 0 N–H and O–H groups in total. The van der Waals surface area contributed by atoms with Crippen LogP contribution in [0.5, 0.6) is 0 Å². The van der Waals surface area contributed by atoms with Crippen LogP contribution in [-0.2, 0) is 4.79 Å². The van der Waals surface area contributed by atoms with Gasteiger partial charge in [-0.2, -0.15) is 0 Å². The fourth-order valence-corrected chi connectivity index (χ4v) is 5.52. The third-order valence-corrected chi connectivity index (χ3v) is 6.39. The Bertz CT molecular complexity index is 482. The van der Waals surface area contributed by atoms with Crippen molar-refractivity contribution >= 4 is 43.5 Å². The molecule has 0 aromatic heterocycles. The summed E-state index contributed by atoms with van der Waals surface area (Å²) in [6.45, 7) is 0. The predicted octanol–water partition coefficient (Wildman–Crippen LogP) is 1.38. The molecule has 0 aliphatic rings. The second kappa shape index (κ2) is 7.55. The molecule has 0 saturated carbocycles. The van der Waals surface area contributed by atoms with Crippen LogP contribution in [-0.4, -0.2) is 34.6 Å². The van der Waals surface area contributed by atoms with Crippen molar-refractivity contribution in [2.24, 2.45) is 0 Å². The monoisotopic (exact) mass is 370 g/mol. The second-order valence-electron chi connectivity index (χ2n) is 3.70. The van der Waals surface area contributed by atoms with Crippen LogP contribution in [0.15, 0.2) is 60.7 Å². The number of rotatable bonds is 6. The first-order valence-electron chi connectivity index (χ1n) is 5.78. The van der Waals surface area contributed by atoms with Crippen LogP contribution in [0.4, 0.5) is 0 Å². The Morgan fingerprint density at radius 1 is 0.833 bits per heavy atom. The fraction of sp³-hybridized carbons (Fsp3) is 0.133. The third kappa shape index (κ3) is 4.80. The standard InChI is InChI=1S/C15H14OSe2/c16-15(18-14-9-5-2-6-10-14)11-12-17-13-7-3-1-4-8-13/h1-10H,11-12H2. The van der Waals surface area contributed by atoms with Crippen molar-refractivity contribution < 1.29 is 4.79 Å². The third-order valence-electron chi connectivity index (χ3n) is 2.29. The Labute approximate surface area is 120 Å². The molecule has 0 bridgehead atoms. The molecule has 0 unspecified atom stereocenters. The van der Waals surface area contributed by atoms with Crippen molar-refractivity contribution in [3.05, 3.63) is 60.7 Å². The van der Waals surface area contributed by atoms with Gasteiger partial charge in [0.05, 0.1) is 0 Å². The second-order valence-corrected chi connectivity index (χ2v) is 8.52. The predicted molar refractivity (Wildman–Crippen MR) is 78.1 cm³/mol. The molecule has 0 spiro atoms. The van der Waals surface area contributed by atoms with E-state index in [0.717, 1.165) is 11.7 Å². The molecule has 92 valence electrons. The van der Waals surface area contributed by atoms with E-state index in [1.807, 2.05) is 36.4 Å². The zero-order valence-electron chi connectivity index (χ0n) is 9.91. The van der Waals surface area contributed by atoms with Crippen molar-refractivity contribution in [2.75, 3.05) is 0 Å². The summed E-state index contributed by atoms with van der Waals surface area (Å²) in [6, 6.07) is 20.5. The van der Waals surface area contributed by atoms with Gasteiger partial charge in [-0.05, 0) is 0 Å². The van der Waals surface area contributed by atoms with E-state index < -0.39 is 0 Å². The van der Waals surface area contributed by atoms with Gasteiger partial charge in [-0.15, -0.1) is 0 Å². The molecule has 0 aliphatic heterocycles. The molecular weight excluding hydrogens is 354 g/mol. The summed E-state index contributed by atoms with van der Waals surface area (Å²) >= 11 is 0.428. The van der Waals surface area contributed by atoms with Crippen LogP contribution >= 0.6 is 0 Å². The Morgan fingerprint density at radius 2 is 1.39 bits per heavy atom. The fourth-order valence-electron chi connectivity index (χ4n) is 1.44. The van der Waals surface area contributed by atoms with Crippen molar-refractivity contribution in [3.63, 3.8) is 0 Å². The van der Waals surface area contributed by atoms with Gasteiger partial charge in [0.25, 0.3) is 0 Å². The molecule has 0 fully saturated rings. The SMILES string of the molecule is O=C(CC[Se]c1ccccc1)[Se]c1ccccc1. The molecule has 0 radical (unpaired) electrons. The van der Waals surface area contributed by atoms with E-state index in [1.165, 1.54) is 8.92 Å². The summed E-state index contributed by atoms with van der Waals surface area (Å²) < 4.78 is 2.97. The van der Waals surface area contributed by atoms with E-state index in [2.05, 4.69) is 24.3 Å². The van der Waals surface area contributed by atoms with Gasteiger partial charge in [0.15, 0.2) is 0 Å². The normalized spacial score (nSPS) is 10.2. The van der Waals surface area contributed by atoms with Crippen LogP contribution in [0.25, 0.3) is 0 Å². The molecule has 0 heterocycles. The van der Waals surface area contributed by atoms with E-state index in [-0.39, 0.29) is 15.0 Å². The summed E-state index contributed by atoms with van der Waals surface area (Å²) in [7, 11) is 0. The summed E-state index contributed by atoms with van der Waals surface area (Å²) in [5, 5.41) is 1.02. The molecule has 0 amide bonds. The number of benzene rings is 2. The Kier molecular flexibility index (Phi) is 5.70. The van der Waals surface area contributed by atoms with Gasteiger partial charge in [0.2, 0.25) is 0 Å². The summed E-state index contributed by atoms with van der Waals surface area (Å²) in [5.74, 6) is 0. The average Bonchev–Trinajstić information content (AvgIpc) is 2.41. The van der Waals surface area contributed by atoms with Crippen molar-refractivity contribution in [1.29, 1.82) is 0 Å². The Hall–Kier alpha value is -0.851. The van der Waals surface area contributed by atoms with Gasteiger partial charge in [0.1, 0.15) is 0 Å². The molecule has 2 aromatic rings. The average molecular weight is 368 g/mol. The first-order chi connectivity index (χ1) is 8.84. The van der Waals surface area contributed by atoms with Crippen LogP contribution in [0, 0.1) is 0 Å². The molecule has 0 saturated heterocycles. The molecule has 18 heavy (non-hydrogen) atoms. The van der Waals surface area contributed by atoms with E-state index >= 15 is 0 Å². The number of hydrogen-bond donors (Lipinski definition) is 0. The van der Waals surface area contributed by atoms with Gasteiger partial charge in [-0.25, -0.2) is 0 Å². The van der Waals surface area contributed by atoms with Crippen molar-refractivity contribution in [1.82, 2.24) is 0 Å². The van der Waals surface area contributed by atoms with Crippen molar-refractivity contribution in [3.8, 4) is 0 Å². The Balaban J connectivity index is 1.73. The minimum absolute atomic E-state index is 0.00592. The van der Waals surface area contributed by atoms with Crippen LogP contribution in [0.3, 0.4) is 0 Å². The number of hydrogen-bond acceptors (Lipinski definition) is 1. The molecule has 2 rings (SSSR count). The summed E-state index contributed by atoms with van der Waals surface area (Å²) in [4.78, 5) is 11.8. The van der Waals surface area contributed by atoms with Crippen LogP contribution in [0.1, 0.15) is 6.42 Å². The molecule has 1 nitrogen and oxygen atoms in total. The van der Waals surface area contributed by atoms with Crippen LogP contribution < -0.4 is 8.92 Å². The zero-order chi connectivity index (χ0) is 12.6. The molecule has 3 heteroatoms. The minimum atomic E-state index is -0.00592. The number of carbonyl (C=O) groups is 1. The first-order valence-corrected chi connectivity index (χ1v) is 9.56. The molecular formula is C15H14OSe2.